The first-order valence-corrected chi connectivity index (χ1v) is 7.13. The maximum Gasteiger partial charge on any atom is 0.260 e. The van der Waals surface area contributed by atoms with E-state index in [0.717, 1.165) is 4.47 Å². The standard InChI is InChI=1S/C13H16BrClN2O3/c1-16-12(18)5-6-17(2)13(19)8-20-11-4-3-9(14)7-10(11)15/h3-4,7H,5-6,8H2,1-2H3,(H,16,18). The van der Waals surface area contributed by atoms with Crippen LogP contribution >= 0.6 is 27.5 Å². The van der Waals surface area contributed by atoms with E-state index < -0.39 is 0 Å². The second-order valence-electron chi connectivity index (χ2n) is 4.10. The fourth-order valence-electron chi connectivity index (χ4n) is 1.36. The molecule has 0 radical (unpaired) electrons. The number of rotatable bonds is 6. The number of likely N-dealkylation sites (N-methyl/N-ethyl adjacent to an activating group) is 1. The summed E-state index contributed by atoms with van der Waals surface area (Å²) in [6, 6.07) is 5.15. The van der Waals surface area contributed by atoms with Crippen molar-refractivity contribution in [2.45, 2.75) is 6.42 Å². The third kappa shape index (κ3) is 5.38. The van der Waals surface area contributed by atoms with Crippen molar-refractivity contribution in [3.63, 3.8) is 0 Å². The number of benzene rings is 1. The molecule has 0 unspecified atom stereocenters. The van der Waals surface area contributed by atoms with E-state index in [4.69, 9.17) is 16.3 Å². The Hall–Kier alpha value is -1.27. The summed E-state index contributed by atoms with van der Waals surface area (Å²) in [4.78, 5) is 24.4. The van der Waals surface area contributed by atoms with Crippen molar-refractivity contribution >= 4 is 39.3 Å². The van der Waals surface area contributed by atoms with Crippen molar-refractivity contribution in [3.8, 4) is 5.75 Å². The lowest BCUT2D eigenvalue weighted by Crippen LogP contribution is -2.34. The Morgan fingerprint density at radius 2 is 2.15 bits per heavy atom. The van der Waals surface area contributed by atoms with Crippen molar-refractivity contribution in [3.05, 3.63) is 27.7 Å². The van der Waals surface area contributed by atoms with Crippen LogP contribution < -0.4 is 10.1 Å². The molecule has 0 bridgehead atoms. The molecular formula is C13H16BrClN2O3. The highest BCUT2D eigenvalue weighted by Gasteiger charge is 2.12. The zero-order valence-corrected chi connectivity index (χ0v) is 13.6. The molecule has 2 amide bonds. The van der Waals surface area contributed by atoms with Crippen LogP contribution in [0.4, 0.5) is 0 Å². The van der Waals surface area contributed by atoms with E-state index in [-0.39, 0.29) is 24.8 Å². The van der Waals surface area contributed by atoms with Crippen LogP contribution in [-0.2, 0) is 9.59 Å². The summed E-state index contributed by atoms with van der Waals surface area (Å²) in [7, 11) is 3.18. The lowest BCUT2D eigenvalue weighted by atomic mass is 10.3. The third-order valence-electron chi connectivity index (χ3n) is 2.62. The number of hydrogen-bond donors (Lipinski definition) is 1. The molecule has 1 rings (SSSR count). The van der Waals surface area contributed by atoms with Gasteiger partial charge in [0, 0.05) is 31.5 Å². The van der Waals surface area contributed by atoms with Gasteiger partial charge in [-0.2, -0.15) is 0 Å². The summed E-state index contributed by atoms with van der Waals surface area (Å²) in [6.07, 6.45) is 0.262. The van der Waals surface area contributed by atoms with Crippen LogP contribution in [0.5, 0.6) is 5.75 Å². The van der Waals surface area contributed by atoms with Gasteiger partial charge in [0.1, 0.15) is 5.75 Å². The average molecular weight is 364 g/mol. The van der Waals surface area contributed by atoms with Gasteiger partial charge in [-0.25, -0.2) is 0 Å². The first-order valence-electron chi connectivity index (χ1n) is 5.96. The van der Waals surface area contributed by atoms with E-state index in [2.05, 4.69) is 21.2 Å². The predicted octanol–water partition coefficient (Wildman–Crippen LogP) is 2.08. The fraction of sp³-hybridized carbons (Fsp3) is 0.385. The molecule has 0 fully saturated rings. The van der Waals surface area contributed by atoms with Gasteiger partial charge in [0.15, 0.2) is 6.61 Å². The van der Waals surface area contributed by atoms with Crippen molar-refractivity contribution in [2.24, 2.45) is 0 Å². The Kier molecular flexibility index (Phi) is 6.81. The Labute approximate surface area is 131 Å². The van der Waals surface area contributed by atoms with E-state index >= 15 is 0 Å². The second-order valence-corrected chi connectivity index (χ2v) is 5.42. The summed E-state index contributed by atoms with van der Waals surface area (Å²) >= 11 is 9.27. The largest absolute Gasteiger partial charge is 0.482 e. The molecule has 0 spiro atoms. The van der Waals surface area contributed by atoms with E-state index in [1.54, 1.807) is 32.3 Å². The van der Waals surface area contributed by atoms with E-state index in [9.17, 15) is 9.59 Å². The van der Waals surface area contributed by atoms with Crippen LogP contribution in [0.3, 0.4) is 0 Å². The van der Waals surface area contributed by atoms with Crippen LogP contribution in [0, 0.1) is 0 Å². The highest BCUT2D eigenvalue weighted by Crippen LogP contribution is 2.27. The molecule has 0 aliphatic carbocycles. The maximum atomic E-state index is 11.8. The number of halogens is 2. The van der Waals surface area contributed by atoms with Crippen molar-refractivity contribution in [1.29, 1.82) is 0 Å². The molecule has 5 nitrogen and oxygen atoms in total. The van der Waals surface area contributed by atoms with Crippen LogP contribution in [-0.4, -0.2) is 44.0 Å². The first kappa shape index (κ1) is 16.8. The number of nitrogens with zero attached hydrogens (tertiary/aromatic N) is 1. The zero-order valence-electron chi connectivity index (χ0n) is 11.3. The molecule has 20 heavy (non-hydrogen) atoms. The smallest absolute Gasteiger partial charge is 0.260 e. The molecule has 110 valence electrons. The molecule has 0 atom stereocenters. The van der Waals surface area contributed by atoms with E-state index in [1.165, 1.54) is 4.90 Å². The van der Waals surface area contributed by atoms with Gasteiger partial charge < -0.3 is 15.0 Å². The molecule has 1 aromatic carbocycles. The number of amides is 2. The Balaban J connectivity index is 2.44. The number of ether oxygens (including phenoxy) is 1. The number of carbonyl (C=O) groups is 2. The van der Waals surface area contributed by atoms with Gasteiger partial charge in [0.2, 0.25) is 5.91 Å². The quantitative estimate of drug-likeness (QED) is 0.842. The summed E-state index contributed by atoms with van der Waals surface area (Å²) in [5.74, 6) is 0.123. The number of nitrogens with one attached hydrogen (secondary N) is 1. The third-order valence-corrected chi connectivity index (χ3v) is 3.41. The van der Waals surface area contributed by atoms with Crippen molar-refractivity contribution < 1.29 is 14.3 Å². The summed E-state index contributed by atoms with van der Waals surface area (Å²) in [5.41, 5.74) is 0. The van der Waals surface area contributed by atoms with Gasteiger partial charge in [-0.3, -0.25) is 9.59 Å². The van der Waals surface area contributed by atoms with Crippen LogP contribution in [0.25, 0.3) is 0 Å². The van der Waals surface area contributed by atoms with Crippen molar-refractivity contribution in [1.82, 2.24) is 10.2 Å². The predicted molar refractivity (Wildman–Crippen MR) is 81.0 cm³/mol. The number of hydrogen-bond acceptors (Lipinski definition) is 3. The minimum Gasteiger partial charge on any atom is -0.482 e. The van der Waals surface area contributed by atoms with Gasteiger partial charge >= 0.3 is 0 Å². The average Bonchev–Trinajstić information content (AvgIpc) is 2.42. The Bertz CT molecular complexity index is 497. The topological polar surface area (TPSA) is 58.6 Å². The Morgan fingerprint density at radius 3 is 2.75 bits per heavy atom. The molecule has 7 heteroatoms. The molecular weight excluding hydrogens is 348 g/mol. The molecule has 0 saturated heterocycles. The minimum atomic E-state index is -0.215. The molecule has 1 N–H and O–H groups in total. The van der Waals surface area contributed by atoms with Gasteiger partial charge in [-0.1, -0.05) is 27.5 Å². The first-order chi connectivity index (χ1) is 9.43. The summed E-state index contributed by atoms with van der Waals surface area (Å²) < 4.78 is 6.20. The molecule has 0 saturated carbocycles. The van der Waals surface area contributed by atoms with Crippen molar-refractivity contribution in [2.75, 3.05) is 27.2 Å². The summed E-state index contributed by atoms with van der Waals surface area (Å²) in [6.45, 7) is 0.224. The van der Waals surface area contributed by atoms with Gasteiger partial charge in [-0.15, -0.1) is 0 Å². The van der Waals surface area contributed by atoms with Gasteiger partial charge in [0.25, 0.3) is 5.91 Å². The second kappa shape index (κ2) is 8.11. The Morgan fingerprint density at radius 1 is 1.45 bits per heavy atom. The molecule has 0 aliphatic rings. The highest BCUT2D eigenvalue weighted by molar-refractivity contribution is 9.10. The number of carbonyl (C=O) groups excluding carboxylic acids is 2. The minimum absolute atomic E-state index is 0.110. The normalized spacial score (nSPS) is 10.0. The molecule has 1 aromatic rings. The lowest BCUT2D eigenvalue weighted by molar-refractivity contribution is -0.132. The van der Waals surface area contributed by atoms with Crippen LogP contribution in [0.2, 0.25) is 5.02 Å². The molecule has 0 heterocycles. The SMILES string of the molecule is CNC(=O)CCN(C)C(=O)COc1ccc(Br)cc1Cl. The fourth-order valence-corrected chi connectivity index (χ4v) is 2.09. The van der Waals surface area contributed by atoms with E-state index in [0.29, 0.717) is 17.3 Å². The van der Waals surface area contributed by atoms with E-state index in [1.807, 2.05) is 0 Å². The monoisotopic (exact) mass is 362 g/mol. The summed E-state index contributed by atoms with van der Waals surface area (Å²) in [5, 5.41) is 2.93. The van der Waals surface area contributed by atoms with Gasteiger partial charge in [-0.05, 0) is 18.2 Å². The lowest BCUT2D eigenvalue weighted by Gasteiger charge is -2.17. The highest BCUT2D eigenvalue weighted by atomic mass is 79.9. The molecule has 0 aromatic heterocycles. The van der Waals surface area contributed by atoms with Gasteiger partial charge in [0.05, 0.1) is 5.02 Å². The van der Waals surface area contributed by atoms with Crippen LogP contribution in [0.1, 0.15) is 6.42 Å². The zero-order chi connectivity index (χ0) is 15.1. The van der Waals surface area contributed by atoms with Crippen LogP contribution in [0.15, 0.2) is 22.7 Å². The molecule has 0 aliphatic heterocycles. The maximum absolute atomic E-state index is 11.8.